The number of fused-ring (bicyclic) bond motifs is 2. The number of nitrogens with zero attached hydrogens (tertiary/aromatic N) is 1. The standard InChI is InChI=1S/C20H29N3S/c1-2-14-6-3-4-9-19(14)22-20(24)21-15-12-17-7-5-8-18(13-15)23(17)16-10-11-16/h3-4,6,9,15-18H,2,5,7-8,10-13H2,1H3,(H2,21,22,24). The summed E-state index contributed by atoms with van der Waals surface area (Å²) in [5.74, 6) is 0. The summed E-state index contributed by atoms with van der Waals surface area (Å²) < 4.78 is 0. The summed E-state index contributed by atoms with van der Waals surface area (Å²) in [6.07, 6.45) is 10.6. The second-order valence-corrected chi connectivity index (χ2v) is 8.10. The van der Waals surface area contributed by atoms with Crippen molar-refractivity contribution in [3.8, 4) is 0 Å². The number of nitrogens with one attached hydrogen (secondary N) is 2. The molecule has 1 aromatic carbocycles. The molecule has 0 radical (unpaired) electrons. The molecule has 3 aliphatic rings. The van der Waals surface area contributed by atoms with Crippen LogP contribution in [0.3, 0.4) is 0 Å². The average molecular weight is 344 g/mol. The van der Waals surface area contributed by atoms with Crippen molar-refractivity contribution in [2.75, 3.05) is 5.32 Å². The van der Waals surface area contributed by atoms with Crippen molar-refractivity contribution in [3.05, 3.63) is 29.8 Å². The molecule has 2 heterocycles. The van der Waals surface area contributed by atoms with Crippen LogP contribution in [-0.2, 0) is 6.42 Å². The molecule has 2 saturated heterocycles. The lowest BCUT2D eigenvalue weighted by Crippen LogP contribution is -2.58. The third kappa shape index (κ3) is 3.45. The Kier molecular flexibility index (Phi) is 4.77. The normalized spacial score (nSPS) is 30.0. The van der Waals surface area contributed by atoms with Gasteiger partial charge in [0.15, 0.2) is 5.11 Å². The van der Waals surface area contributed by atoms with Gasteiger partial charge in [-0.1, -0.05) is 31.5 Å². The molecular formula is C20H29N3S. The van der Waals surface area contributed by atoms with Crippen LogP contribution >= 0.6 is 12.2 Å². The van der Waals surface area contributed by atoms with E-state index in [0.717, 1.165) is 35.3 Å². The smallest absolute Gasteiger partial charge is 0.171 e. The highest BCUT2D eigenvalue weighted by Gasteiger charge is 2.44. The molecular weight excluding hydrogens is 314 g/mol. The van der Waals surface area contributed by atoms with E-state index in [1.807, 2.05) is 0 Å². The molecule has 2 atom stereocenters. The van der Waals surface area contributed by atoms with Crippen molar-refractivity contribution in [1.82, 2.24) is 10.2 Å². The van der Waals surface area contributed by atoms with Gasteiger partial charge in [0.1, 0.15) is 0 Å². The quantitative estimate of drug-likeness (QED) is 0.806. The van der Waals surface area contributed by atoms with Crippen LogP contribution in [0.25, 0.3) is 0 Å². The molecule has 3 fully saturated rings. The third-order valence-electron chi connectivity index (χ3n) is 5.98. The monoisotopic (exact) mass is 343 g/mol. The van der Waals surface area contributed by atoms with E-state index in [1.165, 1.54) is 50.5 Å². The van der Waals surface area contributed by atoms with E-state index in [2.05, 4.69) is 46.7 Å². The fourth-order valence-electron chi connectivity index (χ4n) is 4.80. The van der Waals surface area contributed by atoms with Gasteiger partial charge >= 0.3 is 0 Å². The van der Waals surface area contributed by atoms with E-state index < -0.39 is 0 Å². The lowest BCUT2D eigenvalue weighted by Gasteiger charge is -2.49. The zero-order valence-electron chi connectivity index (χ0n) is 14.6. The van der Waals surface area contributed by atoms with E-state index in [-0.39, 0.29) is 0 Å². The van der Waals surface area contributed by atoms with E-state index in [1.54, 1.807) is 0 Å². The minimum atomic E-state index is 0.532. The summed E-state index contributed by atoms with van der Waals surface area (Å²) >= 11 is 5.61. The molecule has 2 N–H and O–H groups in total. The number of hydrogen-bond acceptors (Lipinski definition) is 2. The van der Waals surface area contributed by atoms with Crippen LogP contribution in [0.4, 0.5) is 5.69 Å². The highest BCUT2D eigenvalue weighted by molar-refractivity contribution is 7.80. The Labute approximate surface area is 151 Å². The number of para-hydroxylation sites is 1. The van der Waals surface area contributed by atoms with Crippen molar-refractivity contribution < 1.29 is 0 Å². The fourth-order valence-corrected chi connectivity index (χ4v) is 5.08. The first-order valence-electron chi connectivity index (χ1n) is 9.67. The fraction of sp³-hybridized carbons (Fsp3) is 0.650. The number of thiocarbonyl (C=S) groups is 1. The Hall–Kier alpha value is -1.13. The molecule has 24 heavy (non-hydrogen) atoms. The van der Waals surface area contributed by atoms with E-state index in [4.69, 9.17) is 12.2 Å². The molecule has 0 aromatic heterocycles. The number of hydrogen-bond donors (Lipinski definition) is 2. The SMILES string of the molecule is CCc1ccccc1NC(=S)NC1CC2CCCC(C1)N2C1CC1. The molecule has 130 valence electrons. The Bertz CT molecular complexity index is 584. The van der Waals surface area contributed by atoms with Gasteiger partial charge in [0.25, 0.3) is 0 Å². The highest BCUT2D eigenvalue weighted by atomic mass is 32.1. The molecule has 0 spiro atoms. The number of aryl methyl sites for hydroxylation is 1. The summed E-state index contributed by atoms with van der Waals surface area (Å²) in [5.41, 5.74) is 2.47. The van der Waals surface area contributed by atoms with Gasteiger partial charge in [0, 0.05) is 29.9 Å². The predicted molar refractivity (Wildman–Crippen MR) is 104 cm³/mol. The first-order valence-corrected chi connectivity index (χ1v) is 10.1. The molecule has 4 rings (SSSR count). The largest absolute Gasteiger partial charge is 0.360 e. The maximum absolute atomic E-state index is 5.61. The van der Waals surface area contributed by atoms with Crippen molar-refractivity contribution in [2.45, 2.75) is 82.5 Å². The molecule has 1 saturated carbocycles. The number of anilines is 1. The first-order chi connectivity index (χ1) is 11.7. The maximum atomic E-state index is 5.61. The zero-order chi connectivity index (χ0) is 16.5. The van der Waals surface area contributed by atoms with Crippen LogP contribution < -0.4 is 10.6 Å². The van der Waals surface area contributed by atoms with Crippen LogP contribution in [0.1, 0.15) is 57.4 Å². The van der Waals surface area contributed by atoms with Crippen molar-refractivity contribution >= 4 is 23.0 Å². The summed E-state index contributed by atoms with van der Waals surface area (Å²) in [5, 5.41) is 7.84. The molecule has 2 bridgehead atoms. The van der Waals surface area contributed by atoms with Gasteiger partial charge in [0.2, 0.25) is 0 Å². The van der Waals surface area contributed by atoms with Crippen molar-refractivity contribution in [3.63, 3.8) is 0 Å². The van der Waals surface area contributed by atoms with Crippen molar-refractivity contribution in [2.24, 2.45) is 0 Å². The topological polar surface area (TPSA) is 27.3 Å². The lowest BCUT2D eigenvalue weighted by molar-refractivity contribution is 0.0209. The van der Waals surface area contributed by atoms with Gasteiger partial charge < -0.3 is 10.6 Å². The lowest BCUT2D eigenvalue weighted by atomic mass is 9.81. The van der Waals surface area contributed by atoms with Gasteiger partial charge in [-0.2, -0.15) is 0 Å². The Morgan fingerprint density at radius 2 is 1.79 bits per heavy atom. The molecule has 3 nitrogen and oxygen atoms in total. The van der Waals surface area contributed by atoms with Crippen LogP contribution in [0.15, 0.2) is 24.3 Å². The summed E-state index contributed by atoms with van der Waals surface area (Å²) in [4.78, 5) is 2.87. The molecule has 1 aromatic rings. The van der Waals surface area contributed by atoms with Gasteiger partial charge in [-0.15, -0.1) is 0 Å². The molecule has 0 amide bonds. The van der Waals surface area contributed by atoms with Crippen LogP contribution in [0.5, 0.6) is 0 Å². The molecule has 2 aliphatic heterocycles. The number of benzene rings is 1. The van der Waals surface area contributed by atoms with Crippen LogP contribution in [0, 0.1) is 0 Å². The second-order valence-electron chi connectivity index (χ2n) is 7.69. The third-order valence-corrected chi connectivity index (χ3v) is 6.20. The Morgan fingerprint density at radius 3 is 2.46 bits per heavy atom. The predicted octanol–water partition coefficient (Wildman–Crippen LogP) is 4.08. The van der Waals surface area contributed by atoms with Gasteiger partial charge in [0.05, 0.1) is 0 Å². The summed E-state index contributed by atoms with van der Waals surface area (Å²) in [7, 11) is 0. The van der Waals surface area contributed by atoms with Crippen LogP contribution in [0.2, 0.25) is 0 Å². The van der Waals surface area contributed by atoms with Gasteiger partial charge in [-0.25, -0.2) is 0 Å². The molecule has 1 aliphatic carbocycles. The average Bonchev–Trinajstić information content (AvgIpc) is 3.39. The molecule has 2 unspecified atom stereocenters. The number of piperidine rings is 2. The Morgan fingerprint density at radius 1 is 1.08 bits per heavy atom. The first kappa shape index (κ1) is 16.3. The zero-order valence-corrected chi connectivity index (χ0v) is 15.4. The minimum Gasteiger partial charge on any atom is -0.360 e. The van der Waals surface area contributed by atoms with E-state index in [0.29, 0.717) is 6.04 Å². The van der Waals surface area contributed by atoms with E-state index in [9.17, 15) is 0 Å². The van der Waals surface area contributed by atoms with Crippen LogP contribution in [-0.4, -0.2) is 34.2 Å². The van der Waals surface area contributed by atoms with E-state index >= 15 is 0 Å². The number of rotatable bonds is 4. The second kappa shape index (κ2) is 7.01. The van der Waals surface area contributed by atoms with Gasteiger partial charge in [-0.05, 0) is 68.8 Å². The maximum Gasteiger partial charge on any atom is 0.171 e. The highest BCUT2D eigenvalue weighted by Crippen LogP contribution is 2.41. The molecule has 4 heteroatoms. The minimum absolute atomic E-state index is 0.532. The summed E-state index contributed by atoms with van der Waals surface area (Å²) in [6.45, 7) is 2.19. The summed E-state index contributed by atoms with van der Waals surface area (Å²) in [6, 6.07) is 11.5. The van der Waals surface area contributed by atoms with Gasteiger partial charge in [-0.3, -0.25) is 4.90 Å². The Balaban J connectivity index is 1.36. The van der Waals surface area contributed by atoms with Crippen molar-refractivity contribution in [1.29, 1.82) is 0 Å².